The van der Waals surface area contributed by atoms with Gasteiger partial charge in [0.2, 0.25) is 0 Å². The number of allylic oxidation sites excluding steroid dienone is 2. The van der Waals surface area contributed by atoms with Crippen molar-refractivity contribution in [1.82, 2.24) is 0 Å². The van der Waals surface area contributed by atoms with Crippen molar-refractivity contribution < 1.29 is 19.7 Å². The molecule has 4 rings (SSSR count). The Morgan fingerprint density at radius 3 is 2.15 bits per heavy atom. The van der Waals surface area contributed by atoms with Gasteiger partial charge in [0.1, 0.15) is 18.1 Å². The summed E-state index contributed by atoms with van der Waals surface area (Å²) < 4.78 is 5.62. The maximum atomic E-state index is 12.3. The summed E-state index contributed by atoms with van der Waals surface area (Å²) in [5.74, 6) is 0.0554. The van der Waals surface area contributed by atoms with Crippen molar-refractivity contribution in [3.8, 4) is 11.5 Å². The van der Waals surface area contributed by atoms with Crippen LogP contribution in [-0.2, 0) is 14.9 Å². The van der Waals surface area contributed by atoms with Crippen LogP contribution in [0.5, 0.6) is 11.5 Å². The topological polar surface area (TPSA) is 66.8 Å². The number of aromatic hydroxyl groups is 2. The van der Waals surface area contributed by atoms with Crippen LogP contribution in [-0.4, -0.2) is 22.8 Å². The van der Waals surface area contributed by atoms with Crippen LogP contribution in [0.25, 0.3) is 0 Å². The van der Waals surface area contributed by atoms with E-state index in [1.54, 1.807) is 0 Å². The van der Waals surface area contributed by atoms with Crippen molar-refractivity contribution in [1.29, 1.82) is 0 Å². The highest BCUT2D eigenvalue weighted by molar-refractivity contribution is 5.75. The number of unbranched alkanes of at least 4 members (excludes halogenated alkanes) is 3. The quantitative estimate of drug-likeness (QED) is 0.290. The molecule has 1 aromatic rings. The SMILES string of the molecule is CCCCCCC(C)(C)c1cc(O)c([C@@H]2C=C(COC(=O)C(C)(C)C)C3=C[C@H]2C3(C)C)c(O)c1. The van der Waals surface area contributed by atoms with Gasteiger partial charge >= 0.3 is 5.97 Å². The minimum Gasteiger partial charge on any atom is -0.507 e. The Morgan fingerprint density at radius 2 is 1.62 bits per heavy atom. The van der Waals surface area contributed by atoms with Gasteiger partial charge < -0.3 is 14.9 Å². The number of phenols is 2. The summed E-state index contributed by atoms with van der Waals surface area (Å²) in [5.41, 5.74) is 2.89. The maximum absolute atomic E-state index is 12.3. The molecule has 0 amide bonds. The highest BCUT2D eigenvalue weighted by Crippen LogP contribution is 2.61. The standard InChI is InChI=1S/C30H44O4/c1-9-10-11-12-13-29(5,6)20-15-24(31)26(25(32)16-20)21-14-19(18-34-27(33)28(2,3)4)22-17-23(21)30(22,7)8/h14-17,21,23,31-32H,9-13,18H2,1-8H3/t21-,23-/m1/s1. The monoisotopic (exact) mass is 468 g/mol. The van der Waals surface area contributed by atoms with Crippen LogP contribution in [0.4, 0.5) is 0 Å². The lowest BCUT2D eigenvalue weighted by Crippen LogP contribution is -2.42. The molecule has 3 aliphatic rings. The molecule has 0 aliphatic heterocycles. The van der Waals surface area contributed by atoms with E-state index in [-0.39, 0.29) is 46.7 Å². The van der Waals surface area contributed by atoms with Crippen molar-refractivity contribution in [2.75, 3.05) is 6.61 Å². The minimum atomic E-state index is -0.559. The number of fused-ring (bicyclic) bond motifs is 1. The third-order valence-electron chi connectivity index (χ3n) is 7.86. The number of ether oxygens (including phenoxy) is 1. The Hall–Kier alpha value is -2.23. The maximum Gasteiger partial charge on any atom is 0.311 e. The van der Waals surface area contributed by atoms with Gasteiger partial charge in [0.15, 0.2) is 0 Å². The van der Waals surface area contributed by atoms with Crippen molar-refractivity contribution >= 4 is 5.97 Å². The molecule has 2 N–H and O–H groups in total. The summed E-state index contributed by atoms with van der Waals surface area (Å²) in [6.45, 7) is 16.7. The molecule has 4 nitrogen and oxygen atoms in total. The second-order valence-electron chi connectivity index (χ2n) is 12.5. The fourth-order valence-electron chi connectivity index (χ4n) is 5.41. The Bertz CT molecular complexity index is 965. The van der Waals surface area contributed by atoms with E-state index in [0.29, 0.717) is 5.56 Å². The molecule has 3 aliphatic carbocycles. The van der Waals surface area contributed by atoms with Crippen molar-refractivity contribution in [2.24, 2.45) is 16.7 Å². The van der Waals surface area contributed by atoms with Gasteiger partial charge in [-0.2, -0.15) is 0 Å². The fourth-order valence-corrected chi connectivity index (χ4v) is 5.41. The van der Waals surface area contributed by atoms with E-state index in [1.807, 2.05) is 32.9 Å². The molecule has 0 unspecified atom stereocenters. The lowest BCUT2D eigenvalue weighted by Gasteiger charge is -2.52. The van der Waals surface area contributed by atoms with Crippen LogP contribution in [0, 0.1) is 16.7 Å². The van der Waals surface area contributed by atoms with Crippen LogP contribution in [0.2, 0.25) is 0 Å². The van der Waals surface area contributed by atoms with Gasteiger partial charge in [-0.15, -0.1) is 0 Å². The van der Waals surface area contributed by atoms with Gasteiger partial charge in [0.25, 0.3) is 0 Å². The van der Waals surface area contributed by atoms with Crippen molar-refractivity contribution in [2.45, 2.75) is 98.8 Å². The molecule has 0 saturated carbocycles. The van der Waals surface area contributed by atoms with E-state index in [4.69, 9.17) is 4.74 Å². The van der Waals surface area contributed by atoms with Crippen LogP contribution in [0.15, 0.2) is 35.4 Å². The number of hydrogen-bond acceptors (Lipinski definition) is 4. The Labute approximate surface area is 206 Å². The highest BCUT2D eigenvalue weighted by Gasteiger charge is 2.50. The molecule has 0 radical (unpaired) electrons. The third-order valence-corrected chi connectivity index (χ3v) is 7.86. The molecular weight excluding hydrogens is 424 g/mol. The summed E-state index contributed by atoms with van der Waals surface area (Å²) in [6.07, 6.45) is 10.1. The average Bonchev–Trinajstić information content (AvgIpc) is 2.73. The zero-order chi connectivity index (χ0) is 25.5. The van der Waals surface area contributed by atoms with E-state index in [1.165, 1.54) is 24.8 Å². The van der Waals surface area contributed by atoms with Gasteiger partial charge in [-0.3, -0.25) is 4.79 Å². The normalized spacial score (nSPS) is 21.4. The zero-order valence-corrected chi connectivity index (χ0v) is 22.4. The first-order chi connectivity index (χ1) is 15.7. The number of esters is 1. The molecule has 34 heavy (non-hydrogen) atoms. The van der Waals surface area contributed by atoms with Gasteiger partial charge in [-0.1, -0.05) is 72.5 Å². The van der Waals surface area contributed by atoms with Gasteiger partial charge in [-0.05, 0) is 72.8 Å². The van der Waals surface area contributed by atoms with E-state index in [9.17, 15) is 15.0 Å². The lowest BCUT2D eigenvalue weighted by atomic mass is 9.52. The predicted molar refractivity (Wildman–Crippen MR) is 138 cm³/mol. The molecule has 0 aromatic heterocycles. The first kappa shape index (κ1) is 26.4. The summed E-state index contributed by atoms with van der Waals surface area (Å²) in [5, 5.41) is 22.2. The Balaban J connectivity index is 1.87. The zero-order valence-electron chi connectivity index (χ0n) is 22.4. The largest absolute Gasteiger partial charge is 0.507 e. The molecule has 4 heteroatoms. The van der Waals surface area contributed by atoms with E-state index >= 15 is 0 Å². The predicted octanol–water partition coefficient (Wildman–Crippen LogP) is 7.54. The Morgan fingerprint density at radius 1 is 1.00 bits per heavy atom. The van der Waals surface area contributed by atoms with E-state index in [2.05, 4.69) is 46.8 Å². The molecule has 0 saturated heterocycles. The smallest absolute Gasteiger partial charge is 0.311 e. The number of phenolic OH excluding ortho intramolecular Hbond substituents is 2. The molecule has 2 atom stereocenters. The number of rotatable bonds is 9. The van der Waals surface area contributed by atoms with Crippen LogP contribution >= 0.6 is 0 Å². The molecule has 0 heterocycles. The second-order valence-corrected chi connectivity index (χ2v) is 12.5. The van der Waals surface area contributed by atoms with Crippen molar-refractivity contribution in [3.05, 3.63) is 46.6 Å². The lowest BCUT2D eigenvalue weighted by molar-refractivity contribution is -0.151. The summed E-state index contributed by atoms with van der Waals surface area (Å²) in [4.78, 5) is 12.3. The number of hydrogen-bond donors (Lipinski definition) is 2. The van der Waals surface area contributed by atoms with Gasteiger partial charge in [0, 0.05) is 11.5 Å². The first-order valence-corrected chi connectivity index (χ1v) is 12.9. The third kappa shape index (κ3) is 5.06. The molecule has 0 spiro atoms. The van der Waals surface area contributed by atoms with Crippen LogP contribution in [0.3, 0.4) is 0 Å². The molecule has 188 valence electrons. The molecule has 1 aromatic carbocycles. The van der Waals surface area contributed by atoms with Crippen molar-refractivity contribution in [3.63, 3.8) is 0 Å². The molecule has 2 bridgehead atoms. The van der Waals surface area contributed by atoms with Gasteiger partial charge in [0.05, 0.1) is 5.41 Å². The van der Waals surface area contributed by atoms with Crippen LogP contribution in [0.1, 0.15) is 105 Å². The molecule has 0 fully saturated rings. The highest BCUT2D eigenvalue weighted by atomic mass is 16.5. The fraction of sp³-hybridized carbons (Fsp3) is 0.633. The number of carbonyl (C=O) groups excluding carboxylic acids is 1. The second kappa shape index (κ2) is 9.43. The number of benzene rings is 1. The minimum absolute atomic E-state index is 0.112. The number of carbonyl (C=O) groups is 1. The summed E-state index contributed by atoms with van der Waals surface area (Å²) in [7, 11) is 0. The van der Waals surface area contributed by atoms with E-state index in [0.717, 1.165) is 24.0 Å². The summed E-state index contributed by atoms with van der Waals surface area (Å²) in [6, 6.07) is 3.68. The van der Waals surface area contributed by atoms with E-state index < -0.39 is 5.41 Å². The van der Waals surface area contributed by atoms with Gasteiger partial charge in [-0.25, -0.2) is 0 Å². The Kier molecular flexibility index (Phi) is 7.32. The average molecular weight is 469 g/mol. The first-order valence-electron chi connectivity index (χ1n) is 12.9. The van der Waals surface area contributed by atoms with Crippen LogP contribution < -0.4 is 0 Å². The molecular formula is C30H44O4. The summed E-state index contributed by atoms with van der Waals surface area (Å²) >= 11 is 0.